The second kappa shape index (κ2) is 3.91. The van der Waals surface area contributed by atoms with Gasteiger partial charge >= 0.3 is 0 Å². The first-order valence-corrected chi connectivity index (χ1v) is 4.31. The Labute approximate surface area is 70.8 Å². The van der Waals surface area contributed by atoms with Crippen LogP contribution in [0.3, 0.4) is 0 Å². The molecule has 0 aromatic carbocycles. The van der Waals surface area contributed by atoms with Crippen molar-refractivity contribution < 1.29 is 0 Å². The standard InChI is InChI=1S/C7H18N3P/c1-5(2)4-7(3,11)10-6(8)9/h5H,4,11H2,1-3H3,(H4,8,9,10). The molecule has 0 bridgehead atoms. The van der Waals surface area contributed by atoms with Crippen LogP contribution in [0, 0.1) is 5.92 Å². The first-order valence-electron chi connectivity index (χ1n) is 3.73. The highest BCUT2D eigenvalue weighted by Gasteiger charge is 2.17. The van der Waals surface area contributed by atoms with Crippen LogP contribution in [-0.2, 0) is 0 Å². The molecular formula is C7H18N3P. The van der Waals surface area contributed by atoms with Crippen LogP contribution in [0.15, 0.2) is 4.99 Å². The Morgan fingerprint density at radius 2 is 2.00 bits per heavy atom. The molecule has 0 rings (SSSR count). The zero-order valence-corrected chi connectivity index (χ0v) is 8.62. The lowest BCUT2D eigenvalue weighted by atomic mass is 10.1. The van der Waals surface area contributed by atoms with E-state index in [1.807, 2.05) is 6.92 Å². The maximum atomic E-state index is 5.27. The molecule has 0 aliphatic rings. The summed E-state index contributed by atoms with van der Waals surface area (Å²) in [6.07, 6.45) is 0.968. The van der Waals surface area contributed by atoms with E-state index in [0.717, 1.165) is 6.42 Å². The monoisotopic (exact) mass is 175 g/mol. The zero-order valence-electron chi connectivity index (χ0n) is 7.46. The predicted molar refractivity (Wildman–Crippen MR) is 53.4 cm³/mol. The van der Waals surface area contributed by atoms with E-state index in [1.54, 1.807) is 0 Å². The maximum absolute atomic E-state index is 5.27. The van der Waals surface area contributed by atoms with E-state index in [0.29, 0.717) is 5.92 Å². The number of guanidine groups is 1. The molecule has 0 aromatic heterocycles. The Hall–Kier alpha value is -0.300. The quantitative estimate of drug-likeness (QED) is 0.380. The van der Waals surface area contributed by atoms with Crippen LogP contribution in [0.25, 0.3) is 0 Å². The molecule has 0 amide bonds. The molecular weight excluding hydrogens is 157 g/mol. The molecule has 2 atom stereocenters. The van der Waals surface area contributed by atoms with E-state index in [9.17, 15) is 0 Å². The molecule has 0 heterocycles. The summed E-state index contributed by atoms with van der Waals surface area (Å²) < 4.78 is 0. The van der Waals surface area contributed by atoms with Gasteiger partial charge in [0.05, 0.1) is 5.28 Å². The normalized spacial score (nSPS) is 16.1. The highest BCUT2D eigenvalue weighted by Crippen LogP contribution is 2.27. The van der Waals surface area contributed by atoms with Crippen LogP contribution in [0.5, 0.6) is 0 Å². The van der Waals surface area contributed by atoms with Gasteiger partial charge < -0.3 is 11.5 Å². The summed E-state index contributed by atoms with van der Waals surface area (Å²) in [5.41, 5.74) is 10.5. The highest BCUT2D eigenvalue weighted by molar-refractivity contribution is 7.18. The van der Waals surface area contributed by atoms with Crippen molar-refractivity contribution in [3.8, 4) is 0 Å². The van der Waals surface area contributed by atoms with Crippen molar-refractivity contribution in [2.75, 3.05) is 0 Å². The predicted octanol–water partition coefficient (Wildman–Crippen LogP) is 0.897. The second-order valence-corrected chi connectivity index (χ2v) is 4.74. The Balaban J connectivity index is 4.11. The number of hydrogen-bond acceptors (Lipinski definition) is 1. The van der Waals surface area contributed by atoms with Crippen molar-refractivity contribution >= 4 is 15.2 Å². The minimum absolute atomic E-state index is 0.156. The minimum atomic E-state index is -0.201. The van der Waals surface area contributed by atoms with Gasteiger partial charge in [-0.15, -0.1) is 9.24 Å². The van der Waals surface area contributed by atoms with E-state index in [1.165, 1.54) is 0 Å². The summed E-state index contributed by atoms with van der Waals surface area (Å²) in [6.45, 7) is 6.28. The van der Waals surface area contributed by atoms with Gasteiger partial charge in [-0.25, -0.2) is 4.99 Å². The number of nitrogens with zero attached hydrogens (tertiary/aromatic N) is 1. The first-order chi connectivity index (χ1) is 4.83. The fourth-order valence-corrected chi connectivity index (χ4v) is 1.79. The van der Waals surface area contributed by atoms with E-state index in [2.05, 4.69) is 28.1 Å². The van der Waals surface area contributed by atoms with Gasteiger partial charge in [0.25, 0.3) is 0 Å². The smallest absolute Gasteiger partial charge is 0.186 e. The highest BCUT2D eigenvalue weighted by atomic mass is 31.0. The summed E-state index contributed by atoms with van der Waals surface area (Å²) in [5, 5.41) is -0.201. The van der Waals surface area contributed by atoms with Crippen molar-refractivity contribution in [1.82, 2.24) is 0 Å². The number of hydrogen-bond donors (Lipinski definition) is 2. The molecule has 0 spiro atoms. The summed E-state index contributed by atoms with van der Waals surface area (Å²) in [7, 11) is 2.66. The number of rotatable bonds is 3. The van der Waals surface area contributed by atoms with Crippen LogP contribution in [0.2, 0.25) is 0 Å². The molecule has 3 nitrogen and oxygen atoms in total. The molecule has 0 aromatic rings. The van der Waals surface area contributed by atoms with Gasteiger partial charge in [0.15, 0.2) is 5.96 Å². The lowest BCUT2D eigenvalue weighted by molar-refractivity contribution is 0.489. The molecule has 4 N–H and O–H groups in total. The van der Waals surface area contributed by atoms with Crippen molar-refractivity contribution in [3.63, 3.8) is 0 Å². The van der Waals surface area contributed by atoms with Crippen LogP contribution in [0.1, 0.15) is 27.2 Å². The molecule has 66 valence electrons. The fraction of sp³-hybridized carbons (Fsp3) is 0.857. The minimum Gasteiger partial charge on any atom is -0.370 e. The van der Waals surface area contributed by atoms with Crippen LogP contribution in [-0.4, -0.2) is 11.2 Å². The van der Waals surface area contributed by atoms with Gasteiger partial charge in [-0.1, -0.05) is 13.8 Å². The molecule has 11 heavy (non-hydrogen) atoms. The third-order valence-electron chi connectivity index (χ3n) is 1.21. The van der Waals surface area contributed by atoms with Gasteiger partial charge in [0.2, 0.25) is 0 Å². The topological polar surface area (TPSA) is 64.4 Å². The Morgan fingerprint density at radius 3 is 2.27 bits per heavy atom. The SMILES string of the molecule is CC(C)CC(C)(P)N=C(N)N. The van der Waals surface area contributed by atoms with Crippen molar-refractivity contribution in [1.29, 1.82) is 0 Å². The maximum Gasteiger partial charge on any atom is 0.186 e. The average molecular weight is 175 g/mol. The number of aliphatic imine (C=N–C) groups is 1. The summed E-state index contributed by atoms with van der Waals surface area (Å²) in [6, 6.07) is 0. The fourth-order valence-electron chi connectivity index (χ4n) is 1.17. The van der Waals surface area contributed by atoms with E-state index in [-0.39, 0.29) is 11.2 Å². The Bertz CT molecular complexity index is 148. The lowest BCUT2D eigenvalue weighted by Gasteiger charge is -2.21. The third kappa shape index (κ3) is 6.11. The van der Waals surface area contributed by atoms with Gasteiger partial charge in [-0.3, -0.25) is 0 Å². The Morgan fingerprint density at radius 1 is 1.55 bits per heavy atom. The van der Waals surface area contributed by atoms with Crippen molar-refractivity contribution in [2.24, 2.45) is 22.4 Å². The second-order valence-electron chi connectivity index (χ2n) is 3.49. The van der Waals surface area contributed by atoms with E-state index in [4.69, 9.17) is 11.5 Å². The summed E-state index contributed by atoms with van der Waals surface area (Å²) in [4.78, 5) is 4.08. The van der Waals surface area contributed by atoms with Gasteiger partial charge in [-0.2, -0.15) is 0 Å². The van der Waals surface area contributed by atoms with Crippen LogP contribution in [0.4, 0.5) is 0 Å². The largest absolute Gasteiger partial charge is 0.370 e. The molecule has 0 fully saturated rings. The van der Waals surface area contributed by atoms with E-state index >= 15 is 0 Å². The first kappa shape index (κ1) is 10.7. The summed E-state index contributed by atoms with van der Waals surface area (Å²) >= 11 is 0. The van der Waals surface area contributed by atoms with Crippen molar-refractivity contribution in [2.45, 2.75) is 32.5 Å². The zero-order chi connectivity index (χ0) is 9.07. The summed E-state index contributed by atoms with van der Waals surface area (Å²) in [5.74, 6) is 0.753. The van der Waals surface area contributed by atoms with Crippen molar-refractivity contribution in [3.05, 3.63) is 0 Å². The number of nitrogens with two attached hydrogens (primary N) is 2. The molecule has 0 saturated heterocycles. The van der Waals surface area contributed by atoms with Gasteiger partial charge in [-0.05, 0) is 19.3 Å². The molecule has 0 saturated carbocycles. The van der Waals surface area contributed by atoms with Crippen LogP contribution >= 0.6 is 9.24 Å². The third-order valence-corrected chi connectivity index (χ3v) is 1.57. The molecule has 2 unspecified atom stereocenters. The molecule has 4 heteroatoms. The Kier molecular flexibility index (Phi) is 3.81. The van der Waals surface area contributed by atoms with Crippen LogP contribution < -0.4 is 11.5 Å². The van der Waals surface area contributed by atoms with E-state index < -0.39 is 0 Å². The molecule has 0 aliphatic carbocycles. The van der Waals surface area contributed by atoms with Gasteiger partial charge in [0.1, 0.15) is 0 Å². The van der Waals surface area contributed by atoms with Gasteiger partial charge in [0, 0.05) is 0 Å². The average Bonchev–Trinajstić information content (AvgIpc) is 1.53. The lowest BCUT2D eigenvalue weighted by Crippen LogP contribution is -2.28. The molecule has 0 aliphatic heterocycles. The molecule has 0 radical (unpaired) electrons.